The number of para-hydroxylation sites is 1. The molecule has 0 bridgehead atoms. The first-order valence-electron chi connectivity index (χ1n) is 9.48. The average Bonchev–Trinajstić information content (AvgIpc) is 2.57. The third-order valence-electron chi connectivity index (χ3n) is 4.40. The summed E-state index contributed by atoms with van der Waals surface area (Å²) in [6, 6.07) is 11.4. The van der Waals surface area contributed by atoms with E-state index < -0.39 is 0 Å². The monoisotopic (exact) mass is 459 g/mol. The Kier molecular flexibility index (Phi) is 9.62. The minimum Gasteiger partial charge on any atom is -0.493 e. The summed E-state index contributed by atoms with van der Waals surface area (Å²) in [6.45, 7) is 12.3. The van der Waals surface area contributed by atoms with Crippen molar-refractivity contribution in [2.45, 2.75) is 59.7 Å². The van der Waals surface area contributed by atoms with Gasteiger partial charge in [0.15, 0.2) is 11.5 Å². The molecule has 29 heavy (non-hydrogen) atoms. The molecule has 0 heterocycles. The van der Waals surface area contributed by atoms with E-state index in [1.54, 1.807) is 13.2 Å². The van der Waals surface area contributed by atoms with E-state index in [0.29, 0.717) is 28.9 Å². The fourth-order valence-electron chi connectivity index (χ4n) is 3.54. The second-order valence-electron chi connectivity index (χ2n) is 8.95. The molecule has 0 spiro atoms. The maximum Gasteiger partial charge on any atom is 0.166 e. The predicted octanol–water partition coefficient (Wildman–Crippen LogP) is 7.31. The van der Waals surface area contributed by atoms with E-state index in [1.165, 1.54) is 0 Å². The standard InChI is InChI=1S/C23H31Cl2NO2.ClH/c1-22(2,3)15-23(4,5)26-13-16-8-7-9-20(27-6)21(16)28-14-17-10-11-18(24)12-19(17)25;/h7-12,26H,13-15H2,1-6H3;1H. The van der Waals surface area contributed by atoms with Gasteiger partial charge in [0, 0.05) is 33.3 Å². The van der Waals surface area contributed by atoms with E-state index in [4.69, 9.17) is 32.7 Å². The number of halogens is 3. The third-order valence-corrected chi connectivity index (χ3v) is 4.98. The highest BCUT2D eigenvalue weighted by atomic mass is 35.5. The van der Waals surface area contributed by atoms with Crippen molar-refractivity contribution in [3.05, 3.63) is 57.6 Å². The van der Waals surface area contributed by atoms with E-state index in [-0.39, 0.29) is 23.4 Å². The Morgan fingerprint density at radius 2 is 1.66 bits per heavy atom. The van der Waals surface area contributed by atoms with Crippen LogP contribution in [-0.4, -0.2) is 12.6 Å². The molecule has 162 valence electrons. The van der Waals surface area contributed by atoms with Crippen molar-refractivity contribution in [2.75, 3.05) is 7.11 Å². The second kappa shape index (κ2) is 10.8. The van der Waals surface area contributed by atoms with Gasteiger partial charge in [0.1, 0.15) is 6.61 Å². The normalized spacial score (nSPS) is 11.7. The highest BCUT2D eigenvalue weighted by Crippen LogP contribution is 2.34. The molecule has 2 aromatic rings. The molecule has 0 aliphatic rings. The lowest BCUT2D eigenvalue weighted by Gasteiger charge is -2.33. The SMILES string of the molecule is COc1cccc(CNC(C)(C)CC(C)(C)C)c1OCc1ccc(Cl)cc1Cl.Cl. The van der Waals surface area contributed by atoms with Crippen molar-refractivity contribution >= 4 is 35.6 Å². The summed E-state index contributed by atoms with van der Waals surface area (Å²) in [4.78, 5) is 0. The van der Waals surface area contributed by atoms with Crippen LogP contribution in [0, 0.1) is 5.41 Å². The van der Waals surface area contributed by atoms with Crippen molar-refractivity contribution in [2.24, 2.45) is 5.41 Å². The number of benzene rings is 2. The van der Waals surface area contributed by atoms with Crippen molar-refractivity contribution in [1.82, 2.24) is 5.32 Å². The molecular formula is C23H32Cl3NO2. The van der Waals surface area contributed by atoms with Crippen LogP contribution >= 0.6 is 35.6 Å². The van der Waals surface area contributed by atoms with Gasteiger partial charge >= 0.3 is 0 Å². The molecule has 2 rings (SSSR count). The van der Waals surface area contributed by atoms with Crippen LogP contribution in [0.5, 0.6) is 11.5 Å². The maximum absolute atomic E-state index is 6.28. The summed E-state index contributed by atoms with van der Waals surface area (Å²) in [5, 5.41) is 4.86. The van der Waals surface area contributed by atoms with Crippen molar-refractivity contribution < 1.29 is 9.47 Å². The van der Waals surface area contributed by atoms with Gasteiger partial charge in [-0.05, 0) is 43.9 Å². The molecule has 0 saturated heterocycles. The fraction of sp³-hybridized carbons (Fsp3) is 0.478. The Morgan fingerprint density at radius 1 is 0.966 bits per heavy atom. The summed E-state index contributed by atoms with van der Waals surface area (Å²) in [6.07, 6.45) is 1.06. The minimum atomic E-state index is -0.00190. The van der Waals surface area contributed by atoms with Crippen LogP contribution in [-0.2, 0) is 13.2 Å². The zero-order chi connectivity index (χ0) is 20.9. The lowest BCUT2D eigenvalue weighted by molar-refractivity contribution is 0.237. The van der Waals surface area contributed by atoms with Gasteiger partial charge in [-0.15, -0.1) is 12.4 Å². The van der Waals surface area contributed by atoms with Gasteiger partial charge in [-0.25, -0.2) is 0 Å². The molecular weight excluding hydrogens is 429 g/mol. The Morgan fingerprint density at radius 3 is 2.24 bits per heavy atom. The lowest BCUT2D eigenvalue weighted by Crippen LogP contribution is -2.41. The molecule has 3 nitrogen and oxygen atoms in total. The summed E-state index contributed by atoms with van der Waals surface area (Å²) in [7, 11) is 1.65. The van der Waals surface area contributed by atoms with Crippen LogP contribution in [0.4, 0.5) is 0 Å². The molecule has 0 amide bonds. The van der Waals surface area contributed by atoms with Crippen LogP contribution in [0.15, 0.2) is 36.4 Å². The fourth-order valence-corrected chi connectivity index (χ4v) is 4.00. The van der Waals surface area contributed by atoms with Crippen molar-refractivity contribution in [1.29, 1.82) is 0 Å². The van der Waals surface area contributed by atoms with Gasteiger partial charge in [-0.1, -0.05) is 62.2 Å². The smallest absolute Gasteiger partial charge is 0.166 e. The molecule has 0 unspecified atom stereocenters. The van der Waals surface area contributed by atoms with Crippen LogP contribution in [0.3, 0.4) is 0 Å². The topological polar surface area (TPSA) is 30.5 Å². The molecule has 6 heteroatoms. The number of rotatable bonds is 8. The van der Waals surface area contributed by atoms with Gasteiger partial charge < -0.3 is 14.8 Å². The van der Waals surface area contributed by atoms with Gasteiger partial charge in [-0.2, -0.15) is 0 Å². The summed E-state index contributed by atoms with van der Waals surface area (Å²) in [5.74, 6) is 1.44. The first-order valence-corrected chi connectivity index (χ1v) is 10.2. The van der Waals surface area contributed by atoms with E-state index in [0.717, 1.165) is 23.3 Å². The van der Waals surface area contributed by atoms with Crippen molar-refractivity contribution in [3.63, 3.8) is 0 Å². The number of hydrogen-bond acceptors (Lipinski definition) is 3. The first kappa shape index (κ1) is 25.9. The lowest BCUT2D eigenvalue weighted by atomic mass is 9.82. The number of hydrogen-bond donors (Lipinski definition) is 1. The number of methoxy groups -OCH3 is 1. The second-order valence-corrected chi connectivity index (χ2v) is 9.79. The molecule has 0 saturated carbocycles. The molecule has 0 aliphatic carbocycles. The largest absolute Gasteiger partial charge is 0.493 e. The molecule has 0 aliphatic heterocycles. The molecule has 1 N–H and O–H groups in total. The van der Waals surface area contributed by atoms with E-state index >= 15 is 0 Å². The van der Waals surface area contributed by atoms with Crippen LogP contribution in [0.1, 0.15) is 52.2 Å². The van der Waals surface area contributed by atoms with Gasteiger partial charge in [-0.3, -0.25) is 0 Å². The average molecular weight is 461 g/mol. The van der Waals surface area contributed by atoms with E-state index in [9.17, 15) is 0 Å². The van der Waals surface area contributed by atoms with E-state index in [1.807, 2.05) is 24.3 Å². The zero-order valence-electron chi connectivity index (χ0n) is 18.1. The first-order chi connectivity index (χ1) is 13.0. The quantitative estimate of drug-likeness (QED) is 0.448. The Bertz CT molecular complexity index is 801. The van der Waals surface area contributed by atoms with Gasteiger partial charge in [0.2, 0.25) is 0 Å². The summed E-state index contributed by atoms with van der Waals surface area (Å²) in [5.41, 5.74) is 2.17. The van der Waals surface area contributed by atoms with Gasteiger partial charge in [0.05, 0.1) is 7.11 Å². The predicted molar refractivity (Wildman–Crippen MR) is 126 cm³/mol. The molecule has 0 radical (unpaired) electrons. The molecule has 0 fully saturated rings. The Labute approximate surface area is 191 Å². The maximum atomic E-state index is 6.28. The molecule has 0 aromatic heterocycles. The molecule has 2 aromatic carbocycles. The van der Waals surface area contributed by atoms with Crippen LogP contribution < -0.4 is 14.8 Å². The van der Waals surface area contributed by atoms with Gasteiger partial charge in [0.25, 0.3) is 0 Å². The Hall–Kier alpha value is -1.13. The Balaban J connectivity index is 0.00000420. The number of nitrogens with one attached hydrogen (secondary N) is 1. The van der Waals surface area contributed by atoms with Crippen molar-refractivity contribution in [3.8, 4) is 11.5 Å². The molecule has 0 atom stereocenters. The highest BCUT2D eigenvalue weighted by Gasteiger charge is 2.25. The summed E-state index contributed by atoms with van der Waals surface area (Å²) < 4.78 is 11.7. The summed E-state index contributed by atoms with van der Waals surface area (Å²) >= 11 is 12.3. The van der Waals surface area contributed by atoms with E-state index in [2.05, 4.69) is 46.0 Å². The highest BCUT2D eigenvalue weighted by molar-refractivity contribution is 6.35. The third kappa shape index (κ3) is 8.25. The number of ether oxygens (including phenoxy) is 2. The zero-order valence-corrected chi connectivity index (χ0v) is 20.4. The minimum absolute atomic E-state index is 0. The van der Waals surface area contributed by atoms with Crippen LogP contribution in [0.25, 0.3) is 0 Å². The van der Waals surface area contributed by atoms with Crippen LogP contribution in [0.2, 0.25) is 10.0 Å².